The van der Waals surface area contributed by atoms with Crippen molar-refractivity contribution in [3.63, 3.8) is 0 Å². The molecule has 2 aromatic rings. The summed E-state index contributed by atoms with van der Waals surface area (Å²) in [5.74, 6) is 0.0460. The van der Waals surface area contributed by atoms with Crippen molar-refractivity contribution in [3.05, 3.63) is 59.2 Å². The Labute approximate surface area is 188 Å². The predicted octanol–water partition coefficient (Wildman–Crippen LogP) is 3.46. The van der Waals surface area contributed by atoms with E-state index >= 15 is 0 Å². The van der Waals surface area contributed by atoms with Gasteiger partial charge in [-0.2, -0.15) is 0 Å². The van der Waals surface area contributed by atoms with Crippen LogP contribution in [0.2, 0.25) is 0 Å². The third-order valence-corrected chi connectivity index (χ3v) is 4.37. The average molecular weight is 442 g/mol. The summed E-state index contributed by atoms with van der Waals surface area (Å²) in [6.07, 6.45) is -0.644. The van der Waals surface area contributed by atoms with E-state index in [1.807, 2.05) is 32.0 Å². The van der Waals surface area contributed by atoms with Crippen LogP contribution in [0.4, 0.5) is 10.5 Å². The van der Waals surface area contributed by atoms with Crippen molar-refractivity contribution in [1.29, 1.82) is 0 Å². The molecule has 3 amide bonds. The van der Waals surface area contributed by atoms with Gasteiger partial charge in [0.05, 0.1) is 0 Å². The van der Waals surface area contributed by atoms with Crippen molar-refractivity contribution in [2.24, 2.45) is 0 Å². The number of rotatable bonds is 8. The van der Waals surface area contributed by atoms with Crippen molar-refractivity contribution in [1.82, 2.24) is 10.6 Å². The molecule has 0 aromatic heterocycles. The van der Waals surface area contributed by atoms with Crippen LogP contribution in [0.15, 0.2) is 42.5 Å². The number of hydrogen-bond acceptors (Lipinski definition) is 5. The van der Waals surface area contributed by atoms with Crippen LogP contribution in [0.25, 0.3) is 0 Å². The molecule has 32 heavy (non-hydrogen) atoms. The third kappa shape index (κ3) is 9.07. The van der Waals surface area contributed by atoms with Crippen LogP contribution in [0.1, 0.15) is 37.5 Å². The van der Waals surface area contributed by atoms with Crippen molar-refractivity contribution in [2.75, 3.05) is 18.5 Å². The Morgan fingerprint density at radius 2 is 1.56 bits per heavy atom. The minimum absolute atomic E-state index is 0.0923. The molecule has 0 aliphatic carbocycles. The van der Waals surface area contributed by atoms with Crippen LogP contribution in [0, 0.1) is 13.8 Å². The van der Waals surface area contributed by atoms with Crippen LogP contribution in [0.5, 0.6) is 5.75 Å². The SMILES string of the molecule is Cc1ccc(OCC(=O)Nc2ccc(CNC(=O)CNC(=O)OC(C)(C)C)cc2)cc1C. The van der Waals surface area contributed by atoms with E-state index in [0.29, 0.717) is 18.0 Å². The summed E-state index contributed by atoms with van der Waals surface area (Å²) < 4.78 is 10.6. The minimum Gasteiger partial charge on any atom is -0.484 e. The number of carbonyl (C=O) groups is 3. The number of anilines is 1. The molecule has 2 aromatic carbocycles. The Balaban J connectivity index is 1.72. The van der Waals surface area contributed by atoms with Crippen molar-refractivity contribution in [2.45, 2.75) is 46.8 Å². The topological polar surface area (TPSA) is 106 Å². The quantitative estimate of drug-likeness (QED) is 0.582. The molecule has 2 rings (SSSR count). The Kier molecular flexibility index (Phi) is 8.63. The molecule has 8 nitrogen and oxygen atoms in total. The number of benzene rings is 2. The number of amides is 3. The normalized spacial score (nSPS) is 10.8. The molecule has 0 atom stereocenters. The lowest BCUT2D eigenvalue weighted by Gasteiger charge is -2.19. The van der Waals surface area contributed by atoms with Crippen LogP contribution in [0.3, 0.4) is 0 Å². The lowest BCUT2D eigenvalue weighted by Crippen LogP contribution is -2.39. The second-order valence-corrected chi connectivity index (χ2v) is 8.41. The van der Waals surface area contributed by atoms with Crippen LogP contribution >= 0.6 is 0 Å². The maximum absolute atomic E-state index is 12.1. The molecule has 0 bridgehead atoms. The highest BCUT2D eigenvalue weighted by atomic mass is 16.6. The fourth-order valence-corrected chi connectivity index (χ4v) is 2.59. The average Bonchev–Trinajstić information content (AvgIpc) is 2.71. The molecular formula is C24H31N3O5. The first-order valence-electron chi connectivity index (χ1n) is 10.3. The van der Waals surface area contributed by atoms with Gasteiger partial charge in [0.15, 0.2) is 6.61 Å². The van der Waals surface area contributed by atoms with Crippen molar-refractivity contribution in [3.8, 4) is 5.75 Å². The second kappa shape index (κ2) is 11.2. The zero-order valence-corrected chi connectivity index (χ0v) is 19.2. The standard InChI is InChI=1S/C24H31N3O5/c1-16-6-11-20(12-17(16)2)31-15-22(29)27-19-9-7-18(8-10-19)13-25-21(28)14-26-23(30)32-24(3,4)5/h6-12H,13-15H2,1-5H3,(H,25,28)(H,26,30)(H,27,29). The summed E-state index contributed by atoms with van der Waals surface area (Å²) in [4.78, 5) is 35.6. The molecule has 8 heteroatoms. The number of carbonyl (C=O) groups excluding carboxylic acids is 3. The van der Waals surface area contributed by atoms with Gasteiger partial charge < -0.3 is 25.4 Å². The molecule has 0 spiro atoms. The van der Waals surface area contributed by atoms with Gasteiger partial charge >= 0.3 is 6.09 Å². The van der Waals surface area contributed by atoms with Crippen molar-refractivity contribution >= 4 is 23.6 Å². The van der Waals surface area contributed by atoms with Crippen LogP contribution < -0.4 is 20.7 Å². The van der Waals surface area contributed by atoms with E-state index in [-0.39, 0.29) is 25.0 Å². The van der Waals surface area contributed by atoms with Crippen LogP contribution in [-0.4, -0.2) is 36.7 Å². The molecule has 0 saturated heterocycles. The Morgan fingerprint density at radius 1 is 0.875 bits per heavy atom. The molecule has 0 radical (unpaired) electrons. The number of ether oxygens (including phenoxy) is 2. The van der Waals surface area contributed by atoms with E-state index in [1.54, 1.807) is 45.0 Å². The molecule has 0 heterocycles. The summed E-state index contributed by atoms with van der Waals surface area (Å²) in [5, 5.41) is 7.88. The highest BCUT2D eigenvalue weighted by Crippen LogP contribution is 2.16. The monoisotopic (exact) mass is 441 g/mol. The molecule has 0 unspecified atom stereocenters. The lowest BCUT2D eigenvalue weighted by atomic mass is 10.1. The fourth-order valence-electron chi connectivity index (χ4n) is 2.59. The molecule has 0 aliphatic heterocycles. The van der Waals surface area contributed by atoms with E-state index in [0.717, 1.165) is 16.7 Å². The predicted molar refractivity (Wildman–Crippen MR) is 123 cm³/mol. The zero-order chi connectivity index (χ0) is 23.7. The highest BCUT2D eigenvalue weighted by molar-refractivity contribution is 5.91. The summed E-state index contributed by atoms with van der Waals surface area (Å²) in [6, 6.07) is 12.8. The van der Waals surface area contributed by atoms with Gasteiger partial charge in [-0.3, -0.25) is 9.59 Å². The number of alkyl carbamates (subject to hydrolysis) is 1. The molecular weight excluding hydrogens is 410 g/mol. The van der Waals surface area contributed by atoms with E-state index < -0.39 is 11.7 Å². The molecule has 0 fully saturated rings. The second-order valence-electron chi connectivity index (χ2n) is 8.41. The van der Waals surface area contributed by atoms with Gasteiger partial charge in [-0.05, 0) is 75.6 Å². The number of nitrogens with one attached hydrogen (secondary N) is 3. The van der Waals surface area contributed by atoms with Gasteiger partial charge in [-0.25, -0.2) is 4.79 Å². The van der Waals surface area contributed by atoms with Gasteiger partial charge in [-0.15, -0.1) is 0 Å². The minimum atomic E-state index is -0.644. The summed E-state index contributed by atoms with van der Waals surface area (Å²) in [7, 11) is 0. The van der Waals surface area contributed by atoms with Crippen LogP contribution in [-0.2, 0) is 20.9 Å². The van der Waals surface area contributed by atoms with E-state index in [9.17, 15) is 14.4 Å². The molecule has 0 saturated carbocycles. The fraction of sp³-hybridized carbons (Fsp3) is 0.375. The summed E-state index contributed by atoms with van der Waals surface area (Å²) in [5.41, 5.74) is 3.12. The maximum Gasteiger partial charge on any atom is 0.408 e. The number of aryl methyl sites for hydroxylation is 2. The van der Waals surface area contributed by atoms with Gasteiger partial charge in [0, 0.05) is 12.2 Å². The Morgan fingerprint density at radius 3 is 2.19 bits per heavy atom. The summed E-state index contributed by atoms with van der Waals surface area (Å²) >= 11 is 0. The summed E-state index contributed by atoms with van der Waals surface area (Å²) in [6.45, 7) is 9.27. The molecule has 172 valence electrons. The third-order valence-electron chi connectivity index (χ3n) is 4.37. The molecule has 0 aliphatic rings. The Hall–Kier alpha value is -3.55. The van der Waals surface area contributed by atoms with Crippen molar-refractivity contribution < 1.29 is 23.9 Å². The Bertz CT molecular complexity index is 949. The first-order valence-corrected chi connectivity index (χ1v) is 10.3. The van der Waals surface area contributed by atoms with E-state index in [1.165, 1.54) is 0 Å². The number of hydrogen-bond donors (Lipinski definition) is 3. The zero-order valence-electron chi connectivity index (χ0n) is 19.2. The maximum atomic E-state index is 12.1. The largest absolute Gasteiger partial charge is 0.484 e. The molecule has 3 N–H and O–H groups in total. The smallest absolute Gasteiger partial charge is 0.408 e. The van der Waals surface area contributed by atoms with Gasteiger partial charge in [0.25, 0.3) is 5.91 Å². The first kappa shape index (κ1) is 24.7. The van der Waals surface area contributed by atoms with E-state index in [2.05, 4.69) is 16.0 Å². The first-order chi connectivity index (χ1) is 15.0. The van der Waals surface area contributed by atoms with Gasteiger partial charge in [0.2, 0.25) is 5.91 Å². The lowest BCUT2D eigenvalue weighted by molar-refractivity contribution is -0.120. The van der Waals surface area contributed by atoms with E-state index in [4.69, 9.17) is 9.47 Å². The van der Waals surface area contributed by atoms with Gasteiger partial charge in [0.1, 0.15) is 17.9 Å². The van der Waals surface area contributed by atoms with Gasteiger partial charge in [-0.1, -0.05) is 18.2 Å². The highest BCUT2D eigenvalue weighted by Gasteiger charge is 2.16.